The second-order valence-corrected chi connectivity index (χ2v) is 6.00. The van der Waals surface area contributed by atoms with Crippen molar-refractivity contribution in [1.82, 2.24) is 24.8 Å². The van der Waals surface area contributed by atoms with Gasteiger partial charge in [-0.1, -0.05) is 5.16 Å². The van der Waals surface area contributed by atoms with Gasteiger partial charge in [0.2, 0.25) is 0 Å². The Kier molecular flexibility index (Phi) is 5.77. The van der Waals surface area contributed by atoms with E-state index in [0.717, 1.165) is 12.8 Å². The summed E-state index contributed by atoms with van der Waals surface area (Å²) in [5.74, 6) is 1.38. The molecule has 136 valence electrons. The van der Waals surface area contributed by atoms with Gasteiger partial charge in [-0.3, -0.25) is 9.48 Å². The molecule has 9 heteroatoms. The zero-order valence-corrected chi connectivity index (χ0v) is 14.6. The number of carbonyl (C=O) groups excluding carboxylic acids is 1. The number of aryl methyl sites for hydroxylation is 1. The number of carbonyl (C=O) groups is 1. The van der Waals surface area contributed by atoms with Crippen molar-refractivity contribution >= 4 is 5.91 Å². The minimum atomic E-state index is 0.0128. The Morgan fingerprint density at radius 3 is 2.84 bits per heavy atom. The van der Waals surface area contributed by atoms with Gasteiger partial charge in [0.15, 0.2) is 5.82 Å². The maximum Gasteiger partial charge on any atom is 0.272 e. The number of rotatable bonds is 7. The molecule has 2 aromatic rings. The van der Waals surface area contributed by atoms with Gasteiger partial charge in [0, 0.05) is 39.4 Å². The van der Waals surface area contributed by atoms with Crippen LogP contribution in [0.2, 0.25) is 0 Å². The first-order valence-corrected chi connectivity index (χ1v) is 8.35. The molecular formula is C16H23N5O4. The minimum absolute atomic E-state index is 0.0128. The summed E-state index contributed by atoms with van der Waals surface area (Å²) in [5, 5.41) is 8.11. The molecule has 1 saturated heterocycles. The highest BCUT2D eigenvalue weighted by atomic mass is 16.5. The van der Waals surface area contributed by atoms with Crippen LogP contribution in [0.1, 0.15) is 41.0 Å². The third kappa shape index (κ3) is 4.23. The van der Waals surface area contributed by atoms with Crippen LogP contribution < -0.4 is 0 Å². The van der Waals surface area contributed by atoms with Gasteiger partial charge in [0.25, 0.3) is 11.8 Å². The van der Waals surface area contributed by atoms with Crippen molar-refractivity contribution in [2.75, 3.05) is 33.4 Å². The third-order valence-corrected chi connectivity index (χ3v) is 4.33. The van der Waals surface area contributed by atoms with Crippen LogP contribution in [0.5, 0.6) is 0 Å². The number of piperidine rings is 1. The summed E-state index contributed by atoms with van der Waals surface area (Å²) in [7, 11) is 3.40. The van der Waals surface area contributed by atoms with Crippen molar-refractivity contribution in [1.29, 1.82) is 0 Å². The quantitative estimate of drug-likeness (QED) is 0.688. The van der Waals surface area contributed by atoms with E-state index in [-0.39, 0.29) is 18.4 Å². The first kappa shape index (κ1) is 17.6. The number of hydrogen-bond donors (Lipinski definition) is 0. The average Bonchev–Trinajstić information content (AvgIpc) is 3.27. The fraction of sp³-hybridized carbons (Fsp3) is 0.625. The van der Waals surface area contributed by atoms with E-state index in [9.17, 15) is 4.79 Å². The number of nitrogens with zero attached hydrogens (tertiary/aromatic N) is 5. The standard InChI is InChI=1S/C16H23N5O4/c1-20-13(3-6-17-20)16(22)21-7-4-12(5-8-21)15-18-14(25-19-15)11-24-10-9-23-2/h3,6,12H,4-5,7-11H2,1-2H3. The summed E-state index contributed by atoms with van der Waals surface area (Å²) in [6, 6.07) is 1.74. The van der Waals surface area contributed by atoms with Gasteiger partial charge in [-0.15, -0.1) is 0 Å². The number of amides is 1. The van der Waals surface area contributed by atoms with Gasteiger partial charge in [-0.2, -0.15) is 10.1 Å². The molecule has 1 fully saturated rings. The number of ether oxygens (including phenoxy) is 2. The van der Waals surface area contributed by atoms with Crippen LogP contribution in [0.4, 0.5) is 0 Å². The fourth-order valence-corrected chi connectivity index (χ4v) is 2.88. The lowest BCUT2D eigenvalue weighted by Crippen LogP contribution is -2.38. The molecule has 1 amide bonds. The highest BCUT2D eigenvalue weighted by Crippen LogP contribution is 2.26. The van der Waals surface area contributed by atoms with Crippen LogP contribution in [0.15, 0.2) is 16.8 Å². The van der Waals surface area contributed by atoms with E-state index in [4.69, 9.17) is 14.0 Å². The molecule has 2 aromatic heterocycles. The SMILES string of the molecule is COCCOCc1nc(C2CCN(C(=O)c3ccnn3C)CC2)no1. The summed E-state index contributed by atoms with van der Waals surface area (Å²) in [4.78, 5) is 18.7. The van der Waals surface area contributed by atoms with Crippen LogP contribution in [-0.2, 0) is 23.1 Å². The topological polar surface area (TPSA) is 95.5 Å². The molecule has 0 spiro atoms. The number of likely N-dealkylation sites (tertiary alicyclic amines) is 1. The molecule has 3 rings (SSSR count). The molecular weight excluding hydrogens is 326 g/mol. The summed E-state index contributed by atoms with van der Waals surface area (Å²) in [6.07, 6.45) is 3.26. The Labute approximate surface area is 145 Å². The molecule has 0 aliphatic carbocycles. The molecule has 25 heavy (non-hydrogen) atoms. The second kappa shape index (κ2) is 8.21. The molecule has 0 saturated carbocycles. The van der Waals surface area contributed by atoms with Gasteiger partial charge in [0.05, 0.1) is 13.2 Å². The summed E-state index contributed by atoms with van der Waals surface area (Å²) in [6.45, 7) is 2.65. The highest BCUT2D eigenvalue weighted by molar-refractivity contribution is 5.92. The van der Waals surface area contributed by atoms with E-state index in [1.54, 1.807) is 31.1 Å². The lowest BCUT2D eigenvalue weighted by Gasteiger charge is -2.30. The normalized spacial score (nSPS) is 15.7. The van der Waals surface area contributed by atoms with Gasteiger partial charge >= 0.3 is 0 Å². The van der Waals surface area contributed by atoms with Gasteiger partial charge < -0.3 is 18.9 Å². The van der Waals surface area contributed by atoms with Crippen molar-refractivity contribution in [3.05, 3.63) is 29.7 Å². The fourth-order valence-electron chi connectivity index (χ4n) is 2.88. The van der Waals surface area contributed by atoms with Crippen LogP contribution in [0, 0.1) is 0 Å². The molecule has 0 unspecified atom stereocenters. The molecule has 9 nitrogen and oxygen atoms in total. The lowest BCUT2D eigenvalue weighted by molar-refractivity contribution is 0.0494. The van der Waals surface area contributed by atoms with Crippen molar-refractivity contribution in [2.24, 2.45) is 7.05 Å². The molecule has 0 radical (unpaired) electrons. The molecule has 0 N–H and O–H groups in total. The Bertz CT molecular complexity index is 690. The van der Waals surface area contributed by atoms with E-state index in [0.29, 0.717) is 43.7 Å². The van der Waals surface area contributed by atoms with Gasteiger partial charge in [-0.05, 0) is 18.9 Å². The largest absolute Gasteiger partial charge is 0.382 e. The zero-order valence-electron chi connectivity index (χ0n) is 14.6. The van der Waals surface area contributed by atoms with Crippen LogP contribution in [0.25, 0.3) is 0 Å². The van der Waals surface area contributed by atoms with E-state index in [1.807, 2.05) is 4.90 Å². The summed E-state index contributed by atoms with van der Waals surface area (Å²) >= 11 is 0. The van der Waals surface area contributed by atoms with E-state index < -0.39 is 0 Å². The molecule has 1 aliphatic heterocycles. The van der Waals surface area contributed by atoms with Crippen LogP contribution in [-0.4, -0.2) is 64.1 Å². The van der Waals surface area contributed by atoms with Gasteiger partial charge in [0.1, 0.15) is 12.3 Å². The third-order valence-electron chi connectivity index (χ3n) is 4.33. The summed E-state index contributed by atoms with van der Waals surface area (Å²) in [5.41, 5.74) is 0.605. The summed E-state index contributed by atoms with van der Waals surface area (Å²) < 4.78 is 17.1. The predicted molar refractivity (Wildman–Crippen MR) is 86.9 cm³/mol. The number of methoxy groups -OCH3 is 1. The zero-order chi connectivity index (χ0) is 17.6. The smallest absolute Gasteiger partial charge is 0.272 e. The Balaban J connectivity index is 1.50. The maximum atomic E-state index is 12.5. The maximum absolute atomic E-state index is 12.5. The lowest BCUT2D eigenvalue weighted by atomic mass is 9.96. The van der Waals surface area contributed by atoms with Crippen molar-refractivity contribution in [3.8, 4) is 0 Å². The highest BCUT2D eigenvalue weighted by Gasteiger charge is 2.28. The molecule has 0 aromatic carbocycles. The second-order valence-electron chi connectivity index (χ2n) is 6.00. The predicted octanol–water partition coefficient (Wildman–Crippen LogP) is 0.986. The van der Waals surface area contributed by atoms with E-state index in [1.165, 1.54) is 0 Å². The van der Waals surface area contributed by atoms with Gasteiger partial charge in [-0.25, -0.2) is 0 Å². The van der Waals surface area contributed by atoms with Crippen molar-refractivity contribution in [3.63, 3.8) is 0 Å². The Morgan fingerprint density at radius 2 is 2.16 bits per heavy atom. The molecule has 0 bridgehead atoms. The van der Waals surface area contributed by atoms with Crippen molar-refractivity contribution in [2.45, 2.75) is 25.4 Å². The first-order chi connectivity index (χ1) is 12.2. The first-order valence-electron chi connectivity index (χ1n) is 8.35. The van der Waals surface area contributed by atoms with Crippen LogP contribution >= 0.6 is 0 Å². The molecule has 1 aliphatic rings. The van der Waals surface area contributed by atoms with E-state index >= 15 is 0 Å². The minimum Gasteiger partial charge on any atom is -0.382 e. The van der Waals surface area contributed by atoms with Crippen LogP contribution in [0.3, 0.4) is 0 Å². The molecule has 3 heterocycles. The van der Waals surface area contributed by atoms with Crippen molar-refractivity contribution < 1.29 is 18.8 Å². The average molecular weight is 349 g/mol. The monoisotopic (exact) mass is 349 g/mol. The Morgan fingerprint density at radius 1 is 1.36 bits per heavy atom. The number of aromatic nitrogens is 4. The Hall–Kier alpha value is -2.26. The van der Waals surface area contributed by atoms with E-state index in [2.05, 4.69) is 15.2 Å². The number of hydrogen-bond acceptors (Lipinski definition) is 7. The molecule has 0 atom stereocenters.